The van der Waals surface area contributed by atoms with Crippen LogP contribution in [0.1, 0.15) is 33.6 Å². The Bertz CT molecular complexity index is 395. The number of ether oxygens (including phenoxy) is 1. The zero-order valence-electron chi connectivity index (χ0n) is 13.5. The van der Waals surface area contributed by atoms with Crippen LogP contribution in [-0.2, 0) is 9.53 Å². The van der Waals surface area contributed by atoms with Crippen LogP contribution in [0.4, 0.5) is 5.69 Å². The third-order valence-corrected chi connectivity index (χ3v) is 3.33. The molecule has 0 saturated heterocycles. The van der Waals surface area contributed by atoms with Gasteiger partial charge in [0.2, 0.25) is 0 Å². The van der Waals surface area contributed by atoms with Gasteiger partial charge in [-0.25, -0.2) is 0 Å². The molecule has 0 aliphatic rings. The minimum atomic E-state index is -0.285. The summed E-state index contributed by atoms with van der Waals surface area (Å²) in [5.41, 5.74) is 1.15. The summed E-state index contributed by atoms with van der Waals surface area (Å²) in [6.07, 6.45) is 2.24. The number of benzene rings is 1. The molecule has 0 aromatic heterocycles. The normalized spacial score (nSPS) is 12.0. The van der Waals surface area contributed by atoms with E-state index in [2.05, 4.69) is 29.3 Å². The summed E-state index contributed by atoms with van der Waals surface area (Å²) in [5, 5.41) is 3.23. The van der Waals surface area contributed by atoms with Crippen molar-refractivity contribution in [3.05, 3.63) is 30.3 Å². The average Bonchev–Trinajstić information content (AvgIpc) is 2.51. The van der Waals surface area contributed by atoms with E-state index < -0.39 is 0 Å². The van der Waals surface area contributed by atoms with Crippen molar-refractivity contribution in [1.82, 2.24) is 5.32 Å². The SMILES string of the molecule is CCCCN(CC(NCC)C(=O)OCC)c1ccccc1. The molecule has 0 amide bonds. The average molecular weight is 292 g/mol. The molecular formula is C17H28N2O2. The van der Waals surface area contributed by atoms with Gasteiger partial charge in [0.25, 0.3) is 0 Å². The highest BCUT2D eigenvalue weighted by atomic mass is 16.5. The molecule has 4 heteroatoms. The third kappa shape index (κ3) is 6.17. The van der Waals surface area contributed by atoms with Crippen molar-refractivity contribution in [3.63, 3.8) is 0 Å². The van der Waals surface area contributed by atoms with Crippen LogP contribution in [-0.4, -0.2) is 38.3 Å². The van der Waals surface area contributed by atoms with Gasteiger partial charge in [-0.15, -0.1) is 0 Å². The molecule has 0 aliphatic heterocycles. The summed E-state index contributed by atoms with van der Waals surface area (Å²) in [6, 6.07) is 9.95. The molecular weight excluding hydrogens is 264 g/mol. The van der Waals surface area contributed by atoms with Crippen molar-refractivity contribution >= 4 is 11.7 Å². The quantitative estimate of drug-likeness (QED) is 0.673. The first kappa shape index (κ1) is 17.5. The van der Waals surface area contributed by atoms with Crippen molar-refractivity contribution in [2.45, 2.75) is 39.7 Å². The van der Waals surface area contributed by atoms with Gasteiger partial charge in [0.05, 0.1) is 6.61 Å². The Morgan fingerprint density at radius 2 is 1.95 bits per heavy atom. The summed E-state index contributed by atoms with van der Waals surface area (Å²) in [5.74, 6) is -0.170. The second kappa shape index (κ2) is 10.2. The van der Waals surface area contributed by atoms with Gasteiger partial charge in [-0.2, -0.15) is 0 Å². The van der Waals surface area contributed by atoms with E-state index in [1.54, 1.807) is 0 Å². The minimum absolute atomic E-state index is 0.170. The number of carbonyl (C=O) groups is 1. The van der Waals surface area contributed by atoms with Gasteiger partial charge in [-0.3, -0.25) is 4.79 Å². The highest BCUT2D eigenvalue weighted by Gasteiger charge is 2.22. The van der Waals surface area contributed by atoms with Crippen LogP contribution in [0.25, 0.3) is 0 Å². The molecule has 1 N–H and O–H groups in total. The molecule has 0 radical (unpaired) electrons. The predicted octanol–water partition coefficient (Wildman–Crippen LogP) is 2.83. The van der Waals surface area contributed by atoms with Crippen molar-refractivity contribution in [1.29, 1.82) is 0 Å². The van der Waals surface area contributed by atoms with Gasteiger partial charge in [-0.1, -0.05) is 38.5 Å². The Morgan fingerprint density at radius 3 is 2.52 bits per heavy atom. The fourth-order valence-electron chi connectivity index (χ4n) is 2.25. The zero-order chi connectivity index (χ0) is 15.5. The molecule has 21 heavy (non-hydrogen) atoms. The van der Waals surface area contributed by atoms with Crippen LogP contribution < -0.4 is 10.2 Å². The van der Waals surface area contributed by atoms with E-state index in [0.717, 1.165) is 31.6 Å². The lowest BCUT2D eigenvalue weighted by Crippen LogP contribution is -2.47. The summed E-state index contributed by atoms with van der Waals surface area (Å²) >= 11 is 0. The van der Waals surface area contributed by atoms with Gasteiger partial charge in [0.1, 0.15) is 6.04 Å². The molecule has 1 atom stereocenters. The van der Waals surface area contributed by atoms with Crippen LogP contribution in [0.3, 0.4) is 0 Å². The molecule has 1 rings (SSSR count). The Morgan fingerprint density at radius 1 is 1.24 bits per heavy atom. The maximum Gasteiger partial charge on any atom is 0.324 e. The lowest BCUT2D eigenvalue weighted by molar-refractivity contribution is -0.145. The second-order valence-corrected chi connectivity index (χ2v) is 5.00. The Labute approximate surface area is 128 Å². The number of carbonyl (C=O) groups excluding carboxylic acids is 1. The first-order valence-corrected chi connectivity index (χ1v) is 7.92. The number of nitrogens with one attached hydrogen (secondary N) is 1. The number of unbranched alkanes of at least 4 members (excludes halogenated alkanes) is 1. The maximum atomic E-state index is 12.1. The van der Waals surface area contributed by atoms with Gasteiger partial charge < -0.3 is 15.0 Å². The van der Waals surface area contributed by atoms with E-state index in [4.69, 9.17) is 4.74 Å². The number of likely N-dealkylation sites (N-methyl/N-ethyl adjacent to an activating group) is 1. The van der Waals surface area contributed by atoms with Crippen molar-refractivity contribution in [2.24, 2.45) is 0 Å². The molecule has 1 unspecified atom stereocenters. The van der Waals surface area contributed by atoms with Crippen LogP contribution in [0, 0.1) is 0 Å². The predicted molar refractivity (Wildman–Crippen MR) is 87.7 cm³/mol. The number of para-hydroxylation sites is 1. The van der Waals surface area contributed by atoms with E-state index in [-0.39, 0.29) is 12.0 Å². The van der Waals surface area contributed by atoms with E-state index in [1.165, 1.54) is 0 Å². The van der Waals surface area contributed by atoms with E-state index >= 15 is 0 Å². The van der Waals surface area contributed by atoms with Crippen LogP contribution in [0.5, 0.6) is 0 Å². The van der Waals surface area contributed by atoms with Gasteiger partial charge >= 0.3 is 5.97 Å². The minimum Gasteiger partial charge on any atom is -0.465 e. The summed E-state index contributed by atoms with van der Waals surface area (Å²) < 4.78 is 5.17. The lowest BCUT2D eigenvalue weighted by Gasteiger charge is -2.29. The topological polar surface area (TPSA) is 41.6 Å². The molecule has 4 nitrogen and oxygen atoms in total. The van der Waals surface area contributed by atoms with Crippen molar-refractivity contribution < 1.29 is 9.53 Å². The van der Waals surface area contributed by atoms with Crippen molar-refractivity contribution in [3.8, 4) is 0 Å². The van der Waals surface area contributed by atoms with Gasteiger partial charge in [-0.05, 0) is 32.0 Å². The third-order valence-electron chi connectivity index (χ3n) is 3.33. The molecule has 0 bridgehead atoms. The largest absolute Gasteiger partial charge is 0.465 e. The van der Waals surface area contributed by atoms with Crippen LogP contribution in [0.15, 0.2) is 30.3 Å². The van der Waals surface area contributed by atoms with Gasteiger partial charge in [0, 0.05) is 18.8 Å². The fraction of sp³-hybridized carbons (Fsp3) is 0.588. The number of hydrogen-bond acceptors (Lipinski definition) is 4. The van der Waals surface area contributed by atoms with Crippen LogP contribution >= 0.6 is 0 Å². The molecule has 0 spiro atoms. The summed E-state index contributed by atoms with van der Waals surface area (Å²) in [6.45, 7) is 8.77. The number of nitrogens with zero attached hydrogens (tertiary/aromatic N) is 1. The number of hydrogen-bond donors (Lipinski definition) is 1. The number of anilines is 1. The monoisotopic (exact) mass is 292 g/mol. The first-order chi connectivity index (χ1) is 10.2. The second-order valence-electron chi connectivity index (χ2n) is 5.00. The van der Waals surface area contributed by atoms with Crippen LogP contribution in [0.2, 0.25) is 0 Å². The molecule has 1 aromatic carbocycles. The van der Waals surface area contributed by atoms with E-state index in [0.29, 0.717) is 13.2 Å². The standard InChI is InChI=1S/C17H28N2O2/c1-4-7-13-19(15-11-9-8-10-12-15)14-16(18-5-2)17(20)21-6-3/h8-12,16,18H,4-7,13-14H2,1-3H3. The first-order valence-electron chi connectivity index (χ1n) is 7.92. The smallest absolute Gasteiger partial charge is 0.324 e. The molecule has 1 aromatic rings. The molecule has 0 fully saturated rings. The molecule has 0 heterocycles. The molecule has 0 aliphatic carbocycles. The molecule has 118 valence electrons. The van der Waals surface area contributed by atoms with Crippen molar-refractivity contribution in [2.75, 3.05) is 31.1 Å². The maximum absolute atomic E-state index is 12.1. The van der Waals surface area contributed by atoms with E-state index in [1.807, 2.05) is 32.0 Å². The lowest BCUT2D eigenvalue weighted by atomic mass is 10.2. The number of rotatable bonds is 10. The van der Waals surface area contributed by atoms with E-state index in [9.17, 15) is 4.79 Å². The summed E-state index contributed by atoms with van der Waals surface area (Å²) in [4.78, 5) is 14.3. The Kier molecular flexibility index (Phi) is 8.51. The Hall–Kier alpha value is -1.55. The zero-order valence-corrected chi connectivity index (χ0v) is 13.5. The highest BCUT2D eigenvalue weighted by molar-refractivity contribution is 5.76. The Balaban J connectivity index is 2.78. The van der Waals surface area contributed by atoms with Gasteiger partial charge in [0.15, 0.2) is 0 Å². The highest BCUT2D eigenvalue weighted by Crippen LogP contribution is 2.15. The molecule has 0 saturated carbocycles. The summed E-state index contributed by atoms with van der Waals surface area (Å²) in [7, 11) is 0. The fourth-order valence-corrected chi connectivity index (χ4v) is 2.25. The number of esters is 1.